The third-order valence-electron chi connectivity index (χ3n) is 3.17. The van der Waals surface area contributed by atoms with Crippen LogP contribution in [-0.4, -0.2) is 16.3 Å². The molecule has 2 aromatic rings. The summed E-state index contributed by atoms with van der Waals surface area (Å²) in [6, 6.07) is 8.26. The third kappa shape index (κ3) is 3.43. The second-order valence-electron chi connectivity index (χ2n) is 4.64. The lowest BCUT2D eigenvalue weighted by atomic mass is 10.0. The third-order valence-corrected chi connectivity index (χ3v) is 4.40. The Labute approximate surface area is 133 Å². The number of aryl methyl sites for hydroxylation is 1. The van der Waals surface area contributed by atoms with Gasteiger partial charge in [0.1, 0.15) is 0 Å². The van der Waals surface area contributed by atoms with Crippen molar-refractivity contribution in [2.24, 2.45) is 0 Å². The Morgan fingerprint density at radius 1 is 1.35 bits per heavy atom. The fraction of sp³-hybridized carbons (Fsp3) is 0.400. The molecule has 1 aromatic carbocycles. The van der Waals surface area contributed by atoms with Crippen molar-refractivity contribution in [2.75, 3.05) is 6.54 Å². The second-order valence-corrected chi connectivity index (χ2v) is 5.90. The quantitative estimate of drug-likeness (QED) is 0.831. The van der Waals surface area contributed by atoms with Crippen LogP contribution in [0.3, 0.4) is 0 Å². The van der Waals surface area contributed by atoms with E-state index in [9.17, 15) is 0 Å². The standard InChI is InChI=1S/C15H19BrClN3/c1-3-9-20-14(7-8-19-20)15(18-4-2)11-5-6-12(16)13(17)10-11/h5-8,10,15,18H,3-4,9H2,1-2H3. The molecule has 1 aromatic heterocycles. The van der Waals surface area contributed by atoms with Crippen LogP contribution in [0.5, 0.6) is 0 Å². The highest BCUT2D eigenvalue weighted by Gasteiger charge is 2.18. The number of nitrogens with one attached hydrogen (secondary N) is 1. The van der Waals surface area contributed by atoms with Gasteiger partial charge in [0.25, 0.3) is 0 Å². The fourth-order valence-electron chi connectivity index (χ4n) is 2.28. The predicted octanol–water partition coefficient (Wildman–Crippen LogP) is 4.41. The van der Waals surface area contributed by atoms with Crippen LogP contribution in [-0.2, 0) is 6.54 Å². The van der Waals surface area contributed by atoms with Crippen LogP contribution in [0.25, 0.3) is 0 Å². The molecular weight excluding hydrogens is 338 g/mol. The van der Waals surface area contributed by atoms with E-state index in [0.29, 0.717) is 0 Å². The summed E-state index contributed by atoms with van der Waals surface area (Å²) < 4.78 is 2.98. The normalized spacial score (nSPS) is 12.6. The number of hydrogen-bond donors (Lipinski definition) is 1. The molecule has 0 aliphatic carbocycles. The summed E-state index contributed by atoms with van der Waals surface area (Å²) in [6.07, 6.45) is 2.92. The lowest BCUT2D eigenvalue weighted by Crippen LogP contribution is -2.25. The van der Waals surface area contributed by atoms with E-state index >= 15 is 0 Å². The van der Waals surface area contributed by atoms with Gasteiger partial charge in [-0.05, 0) is 52.7 Å². The van der Waals surface area contributed by atoms with E-state index in [4.69, 9.17) is 11.6 Å². The monoisotopic (exact) mass is 355 g/mol. The molecule has 1 heterocycles. The first kappa shape index (κ1) is 15.5. The minimum Gasteiger partial charge on any atom is -0.305 e. The van der Waals surface area contributed by atoms with Crippen LogP contribution < -0.4 is 5.32 Å². The molecule has 0 spiro atoms. The van der Waals surface area contributed by atoms with Crippen LogP contribution >= 0.6 is 27.5 Å². The lowest BCUT2D eigenvalue weighted by molar-refractivity contribution is 0.520. The number of hydrogen-bond acceptors (Lipinski definition) is 2. The van der Waals surface area contributed by atoms with E-state index in [0.717, 1.165) is 34.6 Å². The summed E-state index contributed by atoms with van der Waals surface area (Å²) in [5.41, 5.74) is 2.32. The molecule has 1 atom stereocenters. The average Bonchev–Trinajstić information content (AvgIpc) is 2.88. The molecule has 0 aliphatic rings. The highest BCUT2D eigenvalue weighted by molar-refractivity contribution is 9.10. The smallest absolute Gasteiger partial charge is 0.0748 e. The van der Waals surface area contributed by atoms with Gasteiger partial charge in [-0.15, -0.1) is 0 Å². The number of benzene rings is 1. The molecule has 5 heteroatoms. The predicted molar refractivity (Wildman–Crippen MR) is 87.2 cm³/mol. The van der Waals surface area contributed by atoms with Gasteiger partial charge in [-0.3, -0.25) is 4.68 Å². The summed E-state index contributed by atoms with van der Waals surface area (Å²) in [4.78, 5) is 0. The molecule has 0 radical (unpaired) electrons. The molecule has 3 nitrogen and oxygen atoms in total. The topological polar surface area (TPSA) is 29.9 Å². The molecule has 2 rings (SSSR count). The maximum Gasteiger partial charge on any atom is 0.0748 e. The summed E-state index contributed by atoms with van der Waals surface area (Å²) in [6.45, 7) is 6.07. The second kappa shape index (κ2) is 7.25. The first-order valence-electron chi connectivity index (χ1n) is 6.87. The van der Waals surface area contributed by atoms with Gasteiger partial charge < -0.3 is 5.32 Å². The lowest BCUT2D eigenvalue weighted by Gasteiger charge is -2.20. The van der Waals surface area contributed by atoms with Crippen molar-refractivity contribution < 1.29 is 0 Å². The van der Waals surface area contributed by atoms with E-state index in [1.165, 1.54) is 5.69 Å². The number of nitrogens with zero attached hydrogens (tertiary/aromatic N) is 2. The molecule has 0 fully saturated rings. The largest absolute Gasteiger partial charge is 0.305 e. The molecule has 1 unspecified atom stereocenters. The maximum atomic E-state index is 6.22. The van der Waals surface area contributed by atoms with E-state index in [2.05, 4.69) is 57.0 Å². The summed E-state index contributed by atoms with van der Waals surface area (Å²) in [5.74, 6) is 0. The molecule has 0 bridgehead atoms. The number of halogens is 2. The van der Waals surface area contributed by atoms with Gasteiger partial charge in [0, 0.05) is 17.2 Å². The SMILES string of the molecule is CCCn1nccc1C(NCC)c1ccc(Br)c(Cl)c1. The van der Waals surface area contributed by atoms with E-state index in [1.54, 1.807) is 0 Å². The Bertz CT molecular complexity index is 568. The van der Waals surface area contributed by atoms with Crippen molar-refractivity contribution in [2.45, 2.75) is 32.9 Å². The van der Waals surface area contributed by atoms with E-state index < -0.39 is 0 Å². The zero-order valence-corrected chi connectivity index (χ0v) is 14.1. The van der Waals surface area contributed by atoms with Crippen molar-refractivity contribution in [3.63, 3.8) is 0 Å². The maximum absolute atomic E-state index is 6.22. The zero-order valence-electron chi connectivity index (χ0n) is 11.7. The van der Waals surface area contributed by atoms with Gasteiger partial charge in [0.2, 0.25) is 0 Å². The molecule has 1 N–H and O–H groups in total. The van der Waals surface area contributed by atoms with Crippen LogP contribution in [0.15, 0.2) is 34.9 Å². The molecule has 0 saturated carbocycles. The van der Waals surface area contributed by atoms with Crippen molar-refractivity contribution in [1.29, 1.82) is 0 Å². The Kier molecular flexibility index (Phi) is 5.64. The summed E-state index contributed by atoms with van der Waals surface area (Å²) in [5, 5.41) is 8.65. The average molecular weight is 357 g/mol. The van der Waals surface area contributed by atoms with Crippen LogP contribution in [0.4, 0.5) is 0 Å². The van der Waals surface area contributed by atoms with Gasteiger partial charge in [0.15, 0.2) is 0 Å². The van der Waals surface area contributed by atoms with E-state index in [1.807, 2.05) is 18.3 Å². The molecule has 0 amide bonds. The van der Waals surface area contributed by atoms with Gasteiger partial charge in [-0.2, -0.15) is 5.10 Å². The van der Waals surface area contributed by atoms with Gasteiger partial charge >= 0.3 is 0 Å². The molecule has 20 heavy (non-hydrogen) atoms. The summed E-state index contributed by atoms with van der Waals surface area (Å²) >= 11 is 9.66. The number of aromatic nitrogens is 2. The Hall–Kier alpha value is -0.840. The van der Waals surface area contributed by atoms with E-state index in [-0.39, 0.29) is 6.04 Å². The molecular formula is C15H19BrClN3. The van der Waals surface area contributed by atoms with Crippen molar-refractivity contribution in [1.82, 2.24) is 15.1 Å². The van der Waals surface area contributed by atoms with Crippen LogP contribution in [0.2, 0.25) is 5.02 Å². The fourth-order valence-corrected chi connectivity index (χ4v) is 2.71. The minimum atomic E-state index is 0.111. The molecule has 0 aliphatic heterocycles. The highest BCUT2D eigenvalue weighted by Crippen LogP contribution is 2.29. The first-order chi connectivity index (χ1) is 9.67. The zero-order chi connectivity index (χ0) is 14.5. The van der Waals surface area contributed by atoms with Crippen LogP contribution in [0.1, 0.15) is 37.6 Å². The van der Waals surface area contributed by atoms with Gasteiger partial charge in [0.05, 0.1) is 16.8 Å². The van der Waals surface area contributed by atoms with Crippen molar-refractivity contribution >= 4 is 27.5 Å². The number of rotatable bonds is 6. The van der Waals surface area contributed by atoms with Crippen LogP contribution in [0, 0.1) is 0 Å². The molecule has 108 valence electrons. The minimum absolute atomic E-state index is 0.111. The Balaban J connectivity index is 2.39. The van der Waals surface area contributed by atoms with Gasteiger partial charge in [-0.25, -0.2) is 0 Å². The van der Waals surface area contributed by atoms with Crippen molar-refractivity contribution in [3.8, 4) is 0 Å². The summed E-state index contributed by atoms with van der Waals surface area (Å²) in [7, 11) is 0. The Morgan fingerprint density at radius 3 is 2.80 bits per heavy atom. The van der Waals surface area contributed by atoms with Crippen molar-refractivity contribution in [3.05, 3.63) is 51.2 Å². The first-order valence-corrected chi connectivity index (χ1v) is 8.04. The van der Waals surface area contributed by atoms with Gasteiger partial charge in [-0.1, -0.05) is 31.5 Å². The Morgan fingerprint density at radius 2 is 2.15 bits per heavy atom. The molecule has 0 saturated heterocycles. The highest BCUT2D eigenvalue weighted by atomic mass is 79.9.